The standard InChI is InChI=1S/C21H19ClN2O2S/c1-3-15-7-9-17(10-8-15)26-20(25)19-18(22)12-23-21(24-19)27-13-16-6-4-5-14(2)11-16/h4-12H,3,13H2,1-2H3. The van der Waals surface area contributed by atoms with Crippen LogP contribution in [0.25, 0.3) is 0 Å². The molecule has 0 aliphatic rings. The maximum Gasteiger partial charge on any atom is 0.364 e. The van der Waals surface area contributed by atoms with Crippen LogP contribution in [-0.4, -0.2) is 15.9 Å². The first kappa shape index (κ1) is 19.4. The van der Waals surface area contributed by atoms with Crippen LogP contribution in [0.5, 0.6) is 5.75 Å². The second-order valence-corrected chi connectivity index (χ2v) is 7.36. The number of carbonyl (C=O) groups is 1. The Morgan fingerprint density at radius 3 is 2.63 bits per heavy atom. The van der Waals surface area contributed by atoms with Crippen LogP contribution < -0.4 is 4.74 Å². The molecule has 1 heterocycles. The third-order valence-corrected chi connectivity index (χ3v) is 5.12. The summed E-state index contributed by atoms with van der Waals surface area (Å²) in [4.78, 5) is 20.9. The summed E-state index contributed by atoms with van der Waals surface area (Å²) in [5, 5.41) is 0.652. The highest BCUT2D eigenvalue weighted by Gasteiger charge is 2.17. The maximum atomic E-state index is 12.5. The Labute approximate surface area is 168 Å². The van der Waals surface area contributed by atoms with Gasteiger partial charge in [0, 0.05) is 5.75 Å². The summed E-state index contributed by atoms with van der Waals surface area (Å²) in [6.45, 7) is 4.12. The molecule has 138 valence electrons. The zero-order valence-electron chi connectivity index (χ0n) is 15.1. The van der Waals surface area contributed by atoms with Crippen molar-refractivity contribution in [2.24, 2.45) is 0 Å². The fourth-order valence-electron chi connectivity index (χ4n) is 2.46. The molecule has 0 aliphatic heterocycles. The molecule has 0 N–H and O–H groups in total. The van der Waals surface area contributed by atoms with Gasteiger partial charge in [-0.1, -0.05) is 72.2 Å². The summed E-state index contributed by atoms with van der Waals surface area (Å²) in [5.41, 5.74) is 3.60. The molecule has 0 bridgehead atoms. The van der Waals surface area contributed by atoms with Crippen molar-refractivity contribution >= 4 is 29.3 Å². The second kappa shape index (κ2) is 9.02. The average Bonchev–Trinajstić information content (AvgIpc) is 2.68. The molecule has 0 aliphatic carbocycles. The van der Waals surface area contributed by atoms with Crippen LogP contribution in [0.15, 0.2) is 59.9 Å². The van der Waals surface area contributed by atoms with E-state index in [0.717, 1.165) is 6.42 Å². The van der Waals surface area contributed by atoms with E-state index in [1.54, 1.807) is 12.1 Å². The molecule has 1 aromatic heterocycles. The van der Waals surface area contributed by atoms with E-state index in [4.69, 9.17) is 16.3 Å². The topological polar surface area (TPSA) is 52.1 Å². The lowest BCUT2D eigenvalue weighted by Crippen LogP contribution is -2.12. The highest BCUT2D eigenvalue weighted by molar-refractivity contribution is 7.98. The zero-order chi connectivity index (χ0) is 19.2. The van der Waals surface area contributed by atoms with Crippen LogP contribution in [0.4, 0.5) is 0 Å². The predicted molar refractivity (Wildman–Crippen MR) is 109 cm³/mol. The van der Waals surface area contributed by atoms with Gasteiger partial charge >= 0.3 is 5.97 Å². The van der Waals surface area contributed by atoms with Crippen molar-refractivity contribution in [3.63, 3.8) is 0 Å². The first-order valence-electron chi connectivity index (χ1n) is 8.57. The van der Waals surface area contributed by atoms with Gasteiger partial charge in [0.1, 0.15) is 5.75 Å². The number of hydrogen-bond donors (Lipinski definition) is 0. The molecule has 0 unspecified atom stereocenters. The first-order valence-corrected chi connectivity index (χ1v) is 9.93. The van der Waals surface area contributed by atoms with E-state index in [-0.39, 0.29) is 10.7 Å². The quantitative estimate of drug-likeness (QED) is 0.237. The summed E-state index contributed by atoms with van der Waals surface area (Å²) in [6.07, 6.45) is 2.36. The number of thioether (sulfide) groups is 1. The first-order chi connectivity index (χ1) is 13.0. The van der Waals surface area contributed by atoms with Crippen molar-refractivity contribution < 1.29 is 9.53 Å². The van der Waals surface area contributed by atoms with Gasteiger partial charge in [-0.05, 0) is 36.6 Å². The molecule has 0 fully saturated rings. The highest BCUT2D eigenvalue weighted by Crippen LogP contribution is 2.23. The van der Waals surface area contributed by atoms with Crippen molar-refractivity contribution in [1.29, 1.82) is 0 Å². The summed E-state index contributed by atoms with van der Waals surface area (Å²) >= 11 is 7.55. The van der Waals surface area contributed by atoms with Gasteiger partial charge in [0.2, 0.25) is 0 Å². The molecule has 3 aromatic rings. The van der Waals surface area contributed by atoms with Gasteiger partial charge in [0.15, 0.2) is 10.9 Å². The minimum absolute atomic E-state index is 0.0676. The maximum absolute atomic E-state index is 12.5. The van der Waals surface area contributed by atoms with Crippen molar-refractivity contribution in [2.75, 3.05) is 0 Å². The van der Waals surface area contributed by atoms with Crippen molar-refractivity contribution in [2.45, 2.75) is 31.2 Å². The summed E-state index contributed by atoms with van der Waals surface area (Å²) in [5.74, 6) is 0.570. The van der Waals surface area contributed by atoms with E-state index in [0.29, 0.717) is 16.7 Å². The van der Waals surface area contributed by atoms with Crippen LogP contribution >= 0.6 is 23.4 Å². The van der Waals surface area contributed by atoms with Gasteiger partial charge in [0.05, 0.1) is 11.2 Å². The number of ether oxygens (including phenoxy) is 1. The number of aromatic nitrogens is 2. The Bertz CT molecular complexity index is 945. The molecular weight excluding hydrogens is 380 g/mol. The normalized spacial score (nSPS) is 10.6. The lowest BCUT2D eigenvalue weighted by Gasteiger charge is -2.07. The Kier molecular flexibility index (Phi) is 6.48. The van der Waals surface area contributed by atoms with Crippen LogP contribution in [0, 0.1) is 6.92 Å². The third-order valence-electron chi connectivity index (χ3n) is 3.91. The molecule has 6 heteroatoms. The van der Waals surface area contributed by atoms with E-state index in [1.165, 1.54) is 34.6 Å². The van der Waals surface area contributed by atoms with E-state index >= 15 is 0 Å². The van der Waals surface area contributed by atoms with Crippen LogP contribution in [0.1, 0.15) is 34.1 Å². The van der Waals surface area contributed by atoms with Crippen LogP contribution in [0.3, 0.4) is 0 Å². The molecule has 0 saturated heterocycles. The number of rotatable bonds is 6. The van der Waals surface area contributed by atoms with E-state index in [2.05, 4.69) is 23.0 Å². The highest BCUT2D eigenvalue weighted by atomic mass is 35.5. The minimum Gasteiger partial charge on any atom is -0.422 e. The average molecular weight is 399 g/mol. The number of nitrogens with zero attached hydrogens (tertiary/aromatic N) is 2. The number of esters is 1. The Morgan fingerprint density at radius 2 is 1.93 bits per heavy atom. The van der Waals surface area contributed by atoms with Gasteiger partial charge in [-0.3, -0.25) is 0 Å². The molecule has 0 atom stereocenters. The van der Waals surface area contributed by atoms with E-state index in [1.807, 2.05) is 37.3 Å². The van der Waals surface area contributed by atoms with Crippen LogP contribution in [-0.2, 0) is 12.2 Å². The second-order valence-electron chi connectivity index (χ2n) is 6.01. The van der Waals surface area contributed by atoms with Gasteiger partial charge in [-0.2, -0.15) is 0 Å². The molecule has 0 spiro atoms. The fraction of sp³-hybridized carbons (Fsp3) is 0.190. The molecule has 0 amide bonds. The fourth-order valence-corrected chi connectivity index (χ4v) is 3.39. The Morgan fingerprint density at radius 1 is 1.15 bits per heavy atom. The molecule has 3 rings (SSSR count). The lowest BCUT2D eigenvalue weighted by molar-refractivity contribution is 0.0727. The SMILES string of the molecule is CCc1ccc(OC(=O)c2nc(SCc3cccc(C)c3)ncc2Cl)cc1. The summed E-state index contributed by atoms with van der Waals surface area (Å²) < 4.78 is 5.39. The summed E-state index contributed by atoms with van der Waals surface area (Å²) in [7, 11) is 0. The van der Waals surface area contributed by atoms with Gasteiger partial charge < -0.3 is 4.74 Å². The molecule has 4 nitrogen and oxygen atoms in total. The third kappa shape index (κ3) is 5.31. The lowest BCUT2D eigenvalue weighted by atomic mass is 10.2. The largest absolute Gasteiger partial charge is 0.422 e. The monoisotopic (exact) mass is 398 g/mol. The van der Waals surface area contributed by atoms with Gasteiger partial charge in [-0.15, -0.1) is 0 Å². The van der Waals surface area contributed by atoms with Crippen LogP contribution in [0.2, 0.25) is 5.02 Å². The Balaban J connectivity index is 1.70. The van der Waals surface area contributed by atoms with Crippen molar-refractivity contribution in [3.8, 4) is 5.75 Å². The number of halogens is 1. The number of carbonyl (C=O) groups excluding carboxylic acids is 1. The van der Waals surface area contributed by atoms with E-state index < -0.39 is 5.97 Å². The Hall–Kier alpha value is -2.37. The number of aryl methyl sites for hydroxylation is 2. The van der Waals surface area contributed by atoms with Gasteiger partial charge in [0.25, 0.3) is 0 Å². The minimum atomic E-state index is -0.593. The molecule has 0 saturated carbocycles. The number of hydrogen-bond acceptors (Lipinski definition) is 5. The molecule has 27 heavy (non-hydrogen) atoms. The van der Waals surface area contributed by atoms with Crippen molar-refractivity contribution in [1.82, 2.24) is 9.97 Å². The van der Waals surface area contributed by atoms with Crippen molar-refractivity contribution in [3.05, 3.63) is 82.1 Å². The molecular formula is C21H19ClN2O2S. The smallest absolute Gasteiger partial charge is 0.364 e. The van der Waals surface area contributed by atoms with E-state index in [9.17, 15) is 4.79 Å². The predicted octanol–water partition coefficient (Wildman–Crippen LogP) is 5.51. The zero-order valence-corrected chi connectivity index (χ0v) is 16.7. The van der Waals surface area contributed by atoms with Gasteiger partial charge in [-0.25, -0.2) is 14.8 Å². The molecule has 0 radical (unpaired) electrons. The summed E-state index contributed by atoms with van der Waals surface area (Å²) in [6, 6.07) is 15.6. The molecule has 2 aromatic carbocycles. The number of benzene rings is 2.